The van der Waals surface area contributed by atoms with Crippen molar-refractivity contribution in [2.24, 2.45) is 0 Å². The number of rotatable bonds is 1. The van der Waals surface area contributed by atoms with Crippen molar-refractivity contribution < 1.29 is 4.42 Å². The first-order valence-corrected chi connectivity index (χ1v) is 6.05. The molecule has 0 atom stereocenters. The van der Waals surface area contributed by atoms with Crippen LogP contribution < -0.4 is 5.63 Å². The molecule has 5 heteroatoms. The van der Waals surface area contributed by atoms with Crippen LogP contribution in [0.5, 0.6) is 0 Å². The van der Waals surface area contributed by atoms with Crippen LogP contribution in [0.2, 0.25) is 0 Å². The fourth-order valence-electron chi connectivity index (χ4n) is 1.81. The molecule has 0 bridgehead atoms. The maximum Gasteiger partial charge on any atom is 0.348 e. The molecule has 0 saturated heterocycles. The van der Waals surface area contributed by atoms with Crippen molar-refractivity contribution in [1.82, 2.24) is 4.98 Å². The Balaban J connectivity index is 2.50. The van der Waals surface area contributed by atoms with Crippen molar-refractivity contribution in [1.29, 1.82) is 5.26 Å². The zero-order valence-electron chi connectivity index (χ0n) is 9.08. The lowest BCUT2D eigenvalue weighted by Crippen LogP contribution is -2.06. The van der Waals surface area contributed by atoms with E-state index in [-0.39, 0.29) is 5.56 Å². The van der Waals surface area contributed by atoms with Crippen molar-refractivity contribution in [3.05, 3.63) is 51.8 Å². The molecule has 0 N–H and O–H groups in total. The molecule has 18 heavy (non-hydrogen) atoms. The van der Waals surface area contributed by atoms with Crippen molar-refractivity contribution >= 4 is 22.3 Å². The average molecular weight is 254 g/mol. The fourth-order valence-corrected chi connectivity index (χ4v) is 2.48. The molecule has 0 amide bonds. The van der Waals surface area contributed by atoms with Gasteiger partial charge in [-0.3, -0.25) is 0 Å². The number of hydrogen-bond acceptors (Lipinski definition) is 5. The monoisotopic (exact) mass is 254 g/mol. The normalized spacial score (nSPS) is 10.4. The van der Waals surface area contributed by atoms with Crippen LogP contribution in [0.1, 0.15) is 5.56 Å². The highest BCUT2D eigenvalue weighted by atomic mass is 32.1. The second-order valence-electron chi connectivity index (χ2n) is 3.58. The Labute approximate surface area is 106 Å². The van der Waals surface area contributed by atoms with Gasteiger partial charge in [-0.05, 0) is 12.1 Å². The molecule has 2 aromatic heterocycles. The van der Waals surface area contributed by atoms with Gasteiger partial charge >= 0.3 is 5.63 Å². The van der Waals surface area contributed by atoms with Crippen LogP contribution in [-0.4, -0.2) is 4.98 Å². The molecule has 2 heterocycles. The van der Waals surface area contributed by atoms with Crippen molar-refractivity contribution in [3.8, 4) is 16.6 Å². The van der Waals surface area contributed by atoms with E-state index in [1.54, 1.807) is 35.8 Å². The maximum atomic E-state index is 12.0. The van der Waals surface area contributed by atoms with Crippen LogP contribution in [0.4, 0.5) is 0 Å². The standard InChI is InChI=1S/C13H6N2O2S/c14-7-9-8-3-1-2-4-10(8)17-13(16)11(9)12-15-5-6-18-12/h1-6H. The van der Waals surface area contributed by atoms with Crippen LogP contribution in [-0.2, 0) is 0 Å². The summed E-state index contributed by atoms with van der Waals surface area (Å²) in [6, 6.07) is 9.06. The van der Waals surface area contributed by atoms with Gasteiger partial charge in [-0.25, -0.2) is 9.78 Å². The van der Waals surface area contributed by atoms with Gasteiger partial charge in [-0.1, -0.05) is 12.1 Å². The maximum absolute atomic E-state index is 12.0. The molecule has 0 fully saturated rings. The number of fused-ring (bicyclic) bond motifs is 1. The topological polar surface area (TPSA) is 66.9 Å². The number of para-hydroxylation sites is 1. The molecule has 1 aromatic carbocycles. The highest BCUT2D eigenvalue weighted by Gasteiger charge is 2.17. The van der Waals surface area contributed by atoms with Gasteiger partial charge in [0.2, 0.25) is 0 Å². The molecule has 0 aliphatic rings. The summed E-state index contributed by atoms with van der Waals surface area (Å²) in [5.74, 6) is 0. The predicted octanol–water partition coefficient (Wildman–Crippen LogP) is 2.79. The van der Waals surface area contributed by atoms with Crippen molar-refractivity contribution in [2.45, 2.75) is 0 Å². The van der Waals surface area contributed by atoms with E-state index in [0.717, 1.165) is 0 Å². The van der Waals surface area contributed by atoms with Crippen LogP contribution in [0, 0.1) is 11.3 Å². The summed E-state index contributed by atoms with van der Waals surface area (Å²) < 4.78 is 5.22. The Bertz CT molecular complexity index is 813. The number of nitrogens with zero attached hydrogens (tertiary/aromatic N) is 2. The molecular weight excluding hydrogens is 248 g/mol. The largest absolute Gasteiger partial charge is 0.422 e. The Hall–Kier alpha value is -2.45. The van der Waals surface area contributed by atoms with E-state index in [9.17, 15) is 10.1 Å². The first-order valence-electron chi connectivity index (χ1n) is 5.17. The van der Waals surface area contributed by atoms with E-state index in [2.05, 4.69) is 11.1 Å². The third kappa shape index (κ3) is 1.51. The summed E-state index contributed by atoms with van der Waals surface area (Å²) in [7, 11) is 0. The van der Waals surface area contributed by atoms with Crippen LogP contribution in [0.25, 0.3) is 21.5 Å². The molecule has 0 unspecified atom stereocenters. The summed E-state index contributed by atoms with van der Waals surface area (Å²) in [5.41, 5.74) is 0.447. The minimum absolute atomic E-state index is 0.242. The zero-order valence-corrected chi connectivity index (χ0v) is 9.90. The Morgan fingerprint density at radius 1 is 1.33 bits per heavy atom. The van der Waals surface area contributed by atoms with E-state index in [1.165, 1.54) is 11.3 Å². The molecular formula is C13H6N2O2S. The number of aromatic nitrogens is 1. The lowest BCUT2D eigenvalue weighted by Gasteiger charge is -2.02. The Morgan fingerprint density at radius 2 is 2.17 bits per heavy atom. The van der Waals surface area contributed by atoms with Gasteiger partial charge in [-0.15, -0.1) is 11.3 Å². The van der Waals surface area contributed by atoms with Gasteiger partial charge < -0.3 is 4.42 Å². The second-order valence-corrected chi connectivity index (χ2v) is 4.48. The number of benzene rings is 1. The van der Waals surface area contributed by atoms with E-state index in [4.69, 9.17) is 4.42 Å². The average Bonchev–Trinajstić information content (AvgIpc) is 2.90. The molecule has 0 aliphatic heterocycles. The summed E-state index contributed by atoms with van der Waals surface area (Å²) in [6.45, 7) is 0. The predicted molar refractivity (Wildman–Crippen MR) is 68.3 cm³/mol. The van der Waals surface area contributed by atoms with E-state index in [1.807, 2.05) is 0 Å². The molecule has 86 valence electrons. The quantitative estimate of drug-likeness (QED) is 0.626. The lowest BCUT2D eigenvalue weighted by atomic mass is 10.1. The molecule has 0 spiro atoms. The molecule has 3 rings (SSSR count). The summed E-state index contributed by atoms with van der Waals surface area (Å²) in [4.78, 5) is 16.0. The minimum Gasteiger partial charge on any atom is -0.422 e. The van der Waals surface area contributed by atoms with Crippen LogP contribution in [0.3, 0.4) is 0 Å². The van der Waals surface area contributed by atoms with Crippen LogP contribution >= 0.6 is 11.3 Å². The van der Waals surface area contributed by atoms with Crippen molar-refractivity contribution in [2.75, 3.05) is 0 Å². The Kier molecular flexibility index (Phi) is 2.43. The van der Waals surface area contributed by atoms with Gasteiger partial charge in [0.15, 0.2) is 0 Å². The Morgan fingerprint density at radius 3 is 2.89 bits per heavy atom. The minimum atomic E-state index is -0.528. The summed E-state index contributed by atoms with van der Waals surface area (Å²) in [5, 5.41) is 12.2. The second kappa shape index (κ2) is 4.09. The third-order valence-corrected chi connectivity index (χ3v) is 3.36. The van der Waals surface area contributed by atoms with Gasteiger partial charge in [-0.2, -0.15) is 5.26 Å². The van der Waals surface area contributed by atoms with E-state index < -0.39 is 5.63 Å². The van der Waals surface area contributed by atoms with E-state index in [0.29, 0.717) is 21.5 Å². The molecule has 3 aromatic rings. The lowest BCUT2D eigenvalue weighted by molar-refractivity contribution is 0.563. The first kappa shape index (κ1) is 10.7. The highest BCUT2D eigenvalue weighted by molar-refractivity contribution is 7.13. The SMILES string of the molecule is N#Cc1c(-c2nccs2)c(=O)oc2ccccc12. The van der Waals surface area contributed by atoms with Gasteiger partial charge in [0.05, 0.1) is 5.56 Å². The van der Waals surface area contributed by atoms with E-state index >= 15 is 0 Å². The van der Waals surface area contributed by atoms with Crippen molar-refractivity contribution in [3.63, 3.8) is 0 Å². The molecule has 0 aliphatic carbocycles. The zero-order chi connectivity index (χ0) is 12.5. The smallest absolute Gasteiger partial charge is 0.348 e. The number of hydrogen-bond donors (Lipinski definition) is 0. The number of nitriles is 1. The molecule has 4 nitrogen and oxygen atoms in total. The first-order chi connectivity index (χ1) is 8.81. The van der Waals surface area contributed by atoms with Gasteiger partial charge in [0, 0.05) is 17.0 Å². The number of thiazole rings is 1. The fraction of sp³-hybridized carbons (Fsp3) is 0. The molecule has 0 saturated carbocycles. The summed E-state index contributed by atoms with van der Waals surface area (Å²) >= 11 is 1.31. The molecule has 0 radical (unpaired) electrons. The van der Waals surface area contributed by atoms with Crippen LogP contribution in [0.15, 0.2) is 45.1 Å². The summed E-state index contributed by atoms with van der Waals surface area (Å²) in [6.07, 6.45) is 1.59. The van der Waals surface area contributed by atoms with Gasteiger partial charge in [0.1, 0.15) is 22.2 Å². The highest BCUT2D eigenvalue weighted by Crippen LogP contribution is 2.27. The van der Waals surface area contributed by atoms with Gasteiger partial charge in [0.25, 0.3) is 0 Å². The third-order valence-electron chi connectivity index (χ3n) is 2.57.